The van der Waals surface area contributed by atoms with Gasteiger partial charge in [0.15, 0.2) is 0 Å². The quantitative estimate of drug-likeness (QED) is 0.667. The van der Waals surface area contributed by atoms with Gasteiger partial charge in [-0.05, 0) is 62.7 Å². The van der Waals surface area contributed by atoms with E-state index in [2.05, 4.69) is 5.32 Å². The Labute approximate surface area is 140 Å². The van der Waals surface area contributed by atoms with Gasteiger partial charge in [0, 0.05) is 0 Å². The third-order valence-electron chi connectivity index (χ3n) is 3.77. The van der Waals surface area contributed by atoms with Crippen molar-refractivity contribution in [1.29, 1.82) is 0 Å². The molecule has 1 N–H and O–H groups in total. The van der Waals surface area contributed by atoms with E-state index in [4.69, 9.17) is 4.74 Å². The zero-order chi connectivity index (χ0) is 17.4. The molecule has 0 spiro atoms. The van der Waals surface area contributed by atoms with Gasteiger partial charge < -0.3 is 10.1 Å². The van der Waals surface area contributed by atoms with Crippen LogP contribution in [0.2, 0.25) is 0 Å². The second-order valence-electron chi connectivity index (χ2n) is 5.64. The summed E-state index contributed by atoms with van der Waals surface area (Å²) in [6.45, 7) is 0.932. The van der Waals surface area contributed by atoms with Crippen LogP contribution in [0, 0.1) is 0 Å². The van der Waals surface area contributed by atoms with E-state index in [0.29, 0.717) is 5.75 Å². The molecule has 1 unspecified atom stereocenters. The van der Waals surface area contributed by atoms with Gasteiger partial charge in [-0.25, -0.2) is 0 Å². The standard InChI is InChI=1S/C19H22F3NO/c1-23-14-6-5-9-18(15-7-3-2-4-8-15)24-17-12-10-16(11-13-17)19(20,21)22/h2-4,7-8,10-13,18,23H,5-6,9,14H2,1H3. The van der Waals surface area contributed by atoms with Crippen LogP contribution in [0.5, 0.6) is 5.75 Å². The van der Waals surface area contributed by atoms with E-state index in [9.17, 15) is 13.2 Å². The van der Waals surface area contributed by atoms with Crippen molar-refractivity contribution in [3.63, 3.8) is 0 Å². The van der Waals surface area contributed by atoms with Crippen LogP contribution >= 0.6 is 0 Å². The number of hydrogen-bond donors (Lipinski definition) is 1. The Balaban J connectivity index is 2.07. The van der Waals surface area contributed by atoms with E-state index in [1.165, 1.54) is 12.1 Å². The molecule has 0 fully saturated rings. The van der Waals surface area contributed by atoms with Crippen molar-refractivity contribution >= 4 is 0 Å². The number of ether oxygens (including phenoxy) is 1. The second-order valence-corrected chi connectivity index (χ2v) is 5.64. The molecule has 2 nitrogen and oxygen atoms in total. The number of benzene rings is 2. The number of alkyl halides is 3. The maximum atomic E-state index is 12.6. The van der Waals surface area contributed by atoms with Crippen LogP contribution in [0.25, 0.3) is 0 Å². The van der Waals surface area contributed by atoms with E-state index in [0.717, 1.165) is 43.5 Å². The van der Waals surface area contributed by atoms with Crippen LogP contribution in [0.4, 0.5) is 13.2 Å². The average Bonchev–Trinajstić information content (AvgIpc) is 2.58. The molecular weight excluding hydrogens is 315 g/mol. The van der Waals surface area contributed by atoms with Crippen LogP contribution in [0.15, 0.2) is 54.6 Å². The summed E-state index contributed by atoms with van der Waals surface area (Å²) in [5.41, 5.74) is 0.363. The molecule has 0 amide bonds. The fourth-order valence-corrected chi connectivity index (χ4v) is 2.48. The van der Waals surface area contributed by atoms with Gasteiger partial charge in [0.25, 0.3) is 0 Å². The van der Waals surface area contributed by atoms with Gasteiger partial charge in [0.1, 0.15) is 11.9 Å². The van der Waals surface area contributed by atoms with Crippen molar-refractivity contribution in [2.24, 2.45) is 0 Å². The van der Waals surface area contributed by atoms with Crippen molar-refractivity contribution in [2.45, 2.75) is 31.5 Å². The molecular formula is C19H22F3NO. The van der Waals surface area contributed by atoms with Crippen molar-refractivity contribution in [3.8, 4) is 5.75 Å². The summed E-state index contributed by atoms with van der Waals surface area (Å²) in [6, 6.07) is 14.6. The van der Waals surface area contributed by atoms with Gasteiger partial charge in [0.2, 0.25) is 0 Å². The molecule has 0 aliphatic carbocycles. The molecule has 2 rings (SSSR count). The Kier molecular flexibility index (Phi) is 6.67. The number of unbranched alkanes of at least 4 members (excludes halogenated alkanes) is 1. The van der Waals surface area contributed by atoms with E-state index < -0.39 is 11.7 Å². The monoisotopic (exact) mass is 337 g/mol. The molecule has 0 aliphatic rings. The highest BCUT2D eigenvalue weighted by atomic mass is 19.4. The average molecular weight is 337 g/mol. The van der Waals surface area contributed by atoms with Crippen LogP contribution in [0.1, 0.15) is 36.5 Å². The lowest BCUT2D eigenvalue weighted by Gasteiger charge is -2.20. The minimum Gasteiger partial charge on any atom is -0.486 e. The van der Waals surface area contributed by atoms with Gasteiger partial charge in [-0.2, -0.15) is 13.2 Å². The van der Waals surface area contributed by atoms with Crippen LogP contribution < -0.4 is 10.1 Å². The lowest BCUT2D eigenvalue weighted by atomic mass is 10.0. The Morgan fingerprint density at radius 3 is 2.21 bits per heavy atom. The highest BCUT2D eigenvalue weighted by Crippen LogP contribution is 2.32. The minimum absolute atomic E-state index is 0.167. The van der Waals surface area contributed by atoms with Gasteiger partial charge >= 0.3 is 6.18 Å². The fourth-order valence-electron chi connectivity index (χ4n) is 2.48. The number of nitrogens with one attached hydrogen (secondary N) is 1. The Morgan fingerprint density at radius 2 is 1.62 bits per heavy atom. The normalized spacial score (nSPS) is 12.8. The first-order valence-corrected chi connectivity index (χ1v) is 8.04. The maximum absolute atomic E-state index is 12.6. The summed E-state index contributed by atoms with van der Waals surface area (Å²) in [4.78, 5) is 0. The zero-order valence-electron chi connectivity index (χ0n) is 13.6. The van der Waals surface area contributed by atoms with Crippen LogP contribution in [-0.4, -0.2) is 13.6 Å². The van der Waals surface area contributed by atoms with E-state index >= 15 is 0 Å². The van der Waals surface area contributed by atoms with Gasteiger partial charge in [-0.15, -0.1) is 0 Å². The second kappa shape index (κ2) is 8.73. The summed E-state index contributed by atoms with van der Waals surface area (Å²) < 4.78 is 43.9. The molecule has 24 heavy (non-hydrogen) atoms. The predicted molar refractivity (Wildman–Crippen MR) is 89.0 cm³/mol. The molecule has 0 aliphatic heterocycles. The van der Waals surface area contributed by atoms with Gasteiger partial charge in [-0.3, -0.25) is 0 Å². The molecule has 0 saturated carbocycles. The molecule has 0 saturated heterocycles. The first-order valence-electron chi connectivity index (χ1n) is 8.04. The summed E-state index contributed by atoms with van der Waals surface area (Å²) >= 11 is 0. The van der Waals surface area contributed by atoms with Crippen molar-refractivity contribution < 1.29 is 17.9 Å². The largest absolute Gasteiger partial charge is 0.486 e. The third-order valence-corrected chi connectivity index (χ3v) is 3.77. The first-order chi connectivity index (χ1) is 11.5. The smallest absolute Gasteiger partial charge is 0.416 e. The molecule has 2 aromatic carbocycles. The summed E-state index contributed by atoms with van der Waals surface area (Å²) in [5, 5.41) is 3.10. The molecule has 2 aromatic rings. The van der Waals surface area contributed by atoms with Crippen molar-refractivity contribution in [1.82, 2.24) is 5.32 Å². The Hall–Kier alpha value is -2.01. The predicted octanol–water partition coefficient (Wildman–Crippen LogP) is 5.22. The molecule has 1 atom stereocenters. The highest BCUT2D eigenvalue weighted by molar-refractivity contribution is 5.30. The van der Waals surface area contributed by atoms with Crippen LogP contribution in [-0.2, 0) is 6.18 Å². The zero-order valence-corrected chi connectivity index (χ0v) is 13.6. The van der Waals surface area contributed by atoms with Crippen molar-refractivity contribution in [3.05, 3.63) is 65.7 Å². The summed E-state index contributed by atoms with van der Waals surface area (Å²) in [6.07, 6.45) is -1.69. The highest BCUT2D eigenvalue weighted by Gasteiger charge is 2.30. The molecule has 130 valence electrons. The summed E-state index contributed by atoms with van der Waals surface area (Å²) in [5.74, 6) is 0.450. The minimum atomic E-state index is -4.33. The molecule has 0 aromatic heterocycles. The lowest BCUT2D eigenvalue weighted by Crippen LogP contribution is -2.11. The summed E-state index contributed by atoms with van der Waals surface area (Å²) in [7, 11) is 1.91. The SMILES string of the molecule is CNCCCCC(Oc1ccc(C(F)(F)F)cc1)c1ccccc1. The lowest BCUT2D eigenvalue weighted by molar-refractivity contribution is -0.137. The Bertz CT molecular complexity index is 596. The molecule has 0 radical (unpaired) electrons. The molecule has 0 bridgehead atoms. The maximum Gasteiger partial charge on any atom is 0.416 e. The van der Waals surface area contributed by atoms with E-state index in [-0.39, 0.29) is 6.10 Å². The number of rotatable bonds is 8. The van der Waals surface area contributed by atoms with Crippen LogP contribution in [0.3, 0.4) is 0 Å². The third kappa shape index (κ3) is 5.57. The van der Waals surface area contributed by atoms with Gasteiger partial charge in [-0.1, -0.05) is 30.3 Å². The Morgan fingerprint density at radius 1 is 0.958 bits per heavy atom. The van der Waals surface area contributed by atoms with E-state index in [1.807, 2.05) is 37.4 Å². The topological polar surface area (TPSA) is 21.3 Å². The number of hydrogen-bond acceptors (Lipinski definition) is 2. The van der Waals surface area contributed by atoms with Gasteiger partial charge in [0.05, 0.1) is 5.56 Å². The van der Waals surface area contributed by atoms with E-state index in [1.54, 1.807) is 0 Å². The first kappa shape index (κ1) is 18.3. The molecule has 5 heteroatoms. The van der Waals surface area contributed by atoms with Crippen molar-refractivity contribution in [2.75, 3.05) is 13.6 Å². The molecule has 0 heterocycles. The number of halogens is 3. The fraction of sp³-hybridized carbons (Fsp3) is 0.368.